The minimum Gasteiger partial charge on any atom is -0.497 e. The zero-order chi connectivity index (χ0) is 16.7. The predicted molar refractivity (Wildman–Crippen MR) is 94.2 cm³/mol. The molecule has 122 valence electrons. The van der Waals surface area contributed by atoms with Crippen molar-refractivity contribution in [3.63, 3.8) is 0 Å². The number of carbonyl (C=O) groups excluding carboxylic acids is 1. The molecule has 0 aromatic heterocycles. The van der Waals surface area contributed by atoms with E-state index in [1.807, 2.05) is 0 Å². The van der Waals surface area contributed by atoms with E-state index in [4.69, 9.17) is 4.74 Å². The molecule has 1 amide bonds. The number of aryl methyl sites for hydroxylation is 1. The summed E-state index contributed by atoms with van der Waals surface area (Å²) in [5.41, 5.74) is 3.33. The summed E-state index contributed by atoms with van der Waals surface area (Å²) in [6.45, 7) is 5.07. The summed E-state index contributed by atoms with van der Waals surface area (Å²) in [7, 11) is 1.61. The molecule has 0 fully saturated rings. The molecule has 0 saturated carbocycles. The maximum Gasteiger partial charge on any atom is 0.251 e. The molecule has 0 aliphatic carbocycles. The lowest BCUT2D eigenvalue weighted by molar-refractivity contribution is 0.0953. The molecule has 0 aliphatic rings. The highest BCUT2D eigenvalue weighted by Gasteiger charge is 2.05. The van der Waals surface area contributed by atoms with Crippen LogP contribution >= 0.6 is 0 Å². The molecule has 0 bridgehead atoms. The second kappa shape index (κ2) is 8.37. The van der Waals surface area contributed by atoms with Crippen molar-refractivity contribution in [2.75, 3.05) is 13.7 Å². The first kappa shape index (κ1) is 17.1. The molecule has 3 nitrogen and oxygen atoms in total. The molecule has 0 atom stereocenters. The van der Waals surface area contributed by atoms with Crippen LogP contribution in [-0.2, 0) is 6.42 Å². The van der Waals surface area contributed by atoms with Gasteiger partial charge in [0.25, 0.3) is 5.91 Å². The summed E-state index contributed by atoms with van der Waals surface area (Å²) in [4.78, 5) is 12.0. The largest absolute Gasteiger partial charge is 0.497 e. The Morgan fingerprint density at radius 3 is 2.26 bits per heavy atom. The van der Waals surface area contributed by atoms with Crippen LogP contribution in [0, 0.1) is 0 Å². The molecule has 2 aromatic rings. The number of amides is 1. The number of carbonyl (C=O) groups is 1. The van der Waals surface area contributed by atoms with Gasteiger partial charge in [0, 0.05) is 12.1 Å². The van der Waals surface area contributed by atoms with Gasteiger partial charge in [-0.1, -0.05) is 38.1 Å². The predicted octanol–water partition coefficient (Wildman–Crippen LogP) is 4.18. The standard InChI is InChI=1S/C20H25NO2/c1-15(2)17-8-6-16(7-9-17)5-4-14-21-20(22)18-10-12-19(23-3)13-11-18/h6-13,15H,4-5,14H2,1-3H3,(H,21,22). The quantitative estimate of drug-likeness (QED) is 0.779. The fourth-order valence-electron chi connectivity index (χ4n) is 2.41. The normalized spacial score (nSPS) is 10.6. The van der Waals surface area contributed by atoms with Gasteiger partial charge in [0.15, 0.2) is 0 Å². The summed E-state index contributed by atoms with van der Waals surface area (Å²) in [5, 5.41) is 2.96. The van der Waals surface area contributed by atoms with Crippen LogP contribution in [0.3, 0.4) is 0 Å². The Hall–Kier alpha value is -2.29. The highest BCUT2D eigenvalue weighted by molar-refractivity contribution is 5.94. The molecule has 3 heteroatoms. The monoisotopic (exact) mass is 311 g/mol. The van der Waals surface area contributed by atoms with Gasteiger partial charge in [-0.25, -0.2) is 0 Å². The van der Waals surface area contributed by atoms with E-state index in [-0.39, 0.29) is 5.91 Å². The summed E-state index contributed by atoms with van der Waals surface area (Å²) in [6.07, 6.45) is 1.91. The number of methoxy groups -OCH3 is 1. The van der Waals surface area contributed by atoms with Gasteiger partial charge in [-0.15, -0.1) is 0 Å². The van der Waals surface area contributed by atoms with E-state index in [0.29, 0.717) is 18.0 Å². The van der Waals surface area contributed by atoms with E-state index in [1.54, 1.807) is 31.4 Å². The van der Waals surface area contributed by atoms with Gasteiger partial charge in [-0.05, 0) is 54.2 Å². The number of hydrogen-bond acceptors (Lipinski definition) is 2. The number of ether oxygens (including phenoxy) is 1. The molecular weight excluding hydrogens is 286 g/mol. The molecule has 0 aliphatic heterocycles. The van der Waals surface area contributed by atoms with Gasteiger partial charge < -0.3 is 10.1 Å². The first-order chi connectivity index (χ1) is 11.1. The van der Waals surface area contributed by atoms with Crippen LogP contribution in [0.1, 0.15) is 47.7 Å². The van der Waals surface area contributed by atoms with Crippen LogP contribution in [0.5, 0.6) is 5.75 Å². The van der Waals surface area contributed by atoms with Crippen LogP contribution < -0.4 is 10.1 Å². The maximum atomic E-state index is 12.0. The fourth-order valence-corrected chi connectivity index (χ4v) is 2.41. The summed E-state index contributed by atoms with van der Waals surface area (Å²) >= 11 is 0. The Labute approximate surface area is 138 Å². The molecule has 2 rings (SSSR count). The van der Waals surface area contributed by atoms with Crippen LogP contribution in [-0.4, -0.2) is 19.6 Å². The van der Waals surface area contributed by atoms with Gasteiger partial charge in [-0.2, -0.15) is 0 Å². The third kappa shape index (κ3) is 5.13. The van der Waals surface area contributed by atoms with Crippen LogP contribution in [0.15, 0.2) is 48.5 Å². The smallest absolute Gasteiger partial charge is 0.251 e. The average molecular weight is 311 g/mol. The number of nitrogens with one attached hydrogen (secondary N) is 1. The van der Waals surface area contributed by atoms with Crippen LogP contribution in [0.4, 0.5) is 0 Å². The van der Waals surface area contributed by atoms with E-state index in [1.165, 1.54) is 11.1 Å². The molecule has 0 heterocycles. The average Bonchev–Trinajstić information content (AvgIpc) is 2.59. The van der Waals surface area contributed by atoms with Gasteiger partial charge in [0.1, 0.15) is 5.75 Å². The van der Waals surface area contributed by atoms with Gasteiger partial charge >= 0.3 is 0 Å². The summed E-state index contributed by atoms with van der Waals surface area (Å²) < 4.78 is 5.09. The topological polar surface area (TPSA) is 38.3 Å². The van der Waals surface area contributed by atoms with Crippen molar-refractivity contribution in [3.8, 4) is 5.75 Å². The van der Waals surface area contributed by atoms with E-state index < -0.39 is 0 Å². The van der Waals surface area contributed by atoms with Crippen molar-refractivity contribution in [1.82, 2.24) is 5.32 Å². The van der Waals surface area contributed by atoms with E-state index in [9.17, 15) is 4.79 Å². The minimum atomic E-state index is -0.0391. The Kier molecular flexibility index (Phi) is 6.21. The number of rotatable bonds is 7. The fraction of sp³-hybridized carbons (Fsp3) is 0.350. The molecule has 0 spiro atoms. The first-order valence-corrected chi connectivity index (χ1v) is 8.11. The van der Waals surface area contributed by atoms with E-state index >= 15 is 0 Å². The van der Waals surface area contributed by atoms with Crippen LogP contribution in [0.2, 0.25) is 0 Å². The second-order valence-electron chi connectivity index (χ2n) is 5.98. The Morgan fingerprint density at radius 1 is 1.04 bits per heavy atom. The number of hydrogen-bond donors (Lipinski definition) is 1. The van der Waals surface area contributed by atoms with Gasteiger partial charge in [-0.3, -0.25) is 4.79 Å². The Balaban J connectivity index is 1.74. The third-order valence-corrected chi connectivity index (χ3v) is 3.93. The van der Waals surface area contributed by atoms with Crippen molar-refractivity contribution in [2.45, 2.75) is 32.6 Å². The molecule has 23 heavy (non-hydrogen) atoms. The third-order valence-electron chi connectivity index (χ3n) is 3.93. The Morgan fingerprint density at radius 2 is 1.70 bits per heavy atom. The van der Waals surface area contributed by atoms with E-state index in [0.717, 1.165) is 18.6 Å². The van der Waals surface area contributed by atoms with Gasteiger partial charge in [0.2, 0.25) is 0 Å². The van der Waals surface area contributed by atoms with Crippen molar-refractivity contribution in [3.05, 3.63) is 65.2 Å². The highest BCUT2D eigenvalue weighted by atomic mass is 16.5. The number of benzene rings is 2. The molecular formula is C20H25NO2. The Bertz CT molecular complexity index is 615. The molecule has 0 unspecified atom stereocenters. The lowest BCUT2D eigenvalue weighted by atomic mass is 10.0. The maximum absolute atomic E-state index is 12.0. The first-order valence-electron chi connectivity index (χ1n) is 8.11. The molecule has 1 N–H and O–H groups in total. The van der Waals surface area contributed by atoms with Crippen molar-refractivity contribution < 1.29 is 9.53 Å². The van der Waals surface area contributed by atoms with Gasteiger partial charge in [0.05, 0.1) is 7.11 Å². The molecule has 0 saturated heterocycles. The van der Waals surface area contributed by atoms with Crippen molar-refractivity contribution >= 4 is 5.91 Å². The summed E-state index contributed by atoms with van der Waals surface area (Å²) in [5.74, 6) is 1.28. The highest BCUT2D eigenvalue weighted by Crippen LogP contribution is 2.15. The van der Waals surface area contributed by atoms with Crippen molar-refractivity contribution in [1.29, 1.82) is 0 Å². The van der Waals surface area contributed by atoms with E-state index in [2.05, 4.69) is 43.4 Å². The lowest BCUT2D eigenvalue weighted by Gasteiger charge is -2.08. The van der Waals surface area contributed by atoms with Crippen molar-refractivity contribution in [2.24, 2.45) is 0 Å². The summed E-state index contributed by atoms with van der Waals surface area (Å²) in [6, 6.07) is 15.9. The minimum absolute atomic E-state index is 0.0391. The lowest BCUT2D eigenvalue weighted by Crippen LogP contribution is -2.24. The second-order valence-corrected chi connectivity index (χ2v) is 5.98. The molecule has 2 aromatic carbocycles. The molecule has 0 radical (unpaired) electrons. The van der Waals surface area contributed by atoms with Crippen LogP contribution in [0.25, 0.3) is 0 Å². The SMILES string of the molecule is COc1ccc(C(=O)NCCCc2ccc(C(C)C)cc2)cc1. The zero-order valence-electron chi connectivity index (χ0n) is 14.1. The zero-order valence-corrected chi connectivity index (χ0v) is 14.1.